The van der Waals surface area contributed by atoms with E-state index in [1.807, 2.05) is 38.1 Å². The first-order chi connectivity index (χ1) is 14.9. The normalized spacial score (nSPS) is 12.3. The van der Waals surface area contributed by atoms with Crippen molar-refractivity contribution in [3.8, 4) is 0 Å². The second-order valence-electron chi connectivity index (χ2n) is 7.74. The second kappa shape index (κ2) is 11.5. The van der Waals surface area contributed by atoms with Gasteiger partial charge in [-0.2, -0.15) is 0 Å². The molecule has 0 radical (unpaired) electrons. The highest BCUT2D eigenvalue weighted by atomic mass is 127. The van der Waals surface area contributed by atoms with Crippen molar-refractivity contribution in [2.75, 3.05) is 17.1 Å². The zero-order valence-corrected chi connectivity index (χ0v) is 22.9. The lowest BCUT2D eigenvalue weighted by Crippen LogP contribution is -2.52. The highest BCUT2D eigenvalue weighted by Gasteiger charge is 2.30. The molecule has 2 rings (SSSR count). The van der Waals surface area contributed by atoms with E-state index < -0.39 is 28.5 Å². The van der Waals surface area contributed by atoms with Gasteiger partial charge in [-0.1, -0.05) is 28.1 Å². The summed E-state index contributed by atoms with van der Waals surface area (Å²) < 4.78 is 27.8. The Labute approximate surface area is 211 Å². The van der Waals surface area contributed by atoms with Gasteiger partial charge in [0.2, 0.25) is 21.8 Å². The van der Waals surface area contributed by atoms with E-state index in [9.17, 15) is 18.0 Å². The lowest BCUT2D eigenvalue weighted by atomic mass is 10.1. The third kappa shape index (κ3) is 7.73. The van der Waals surface area contributed by atoms with Crippen LogP contribution in [0.5, 0.6) is 0 Å². The van der Waals surface area contributed by atoms with E-state index in [-0.39, 0.29) is 18.5 Å². The number of sulfonamides is 1. The molecule has 32 heavy (non-hydrogen) atoms. The van der Waals surface area contributed by atoms with Crippen LogP contribution < -0.4 is 9.62 Å². The maximum absolute atomic E-state index is 13.4. The van der Waals surface area contributed by atoms with E-state index >= 15 is 0 Å². The van der Waals surface area contributed by atoms with Gasteiger partial charge in [-0.3, -0.25) is 13.9 Å². The molecule has 1 atom stereocenters. The molecule has 174 valence electrons. The molecule has 0 saturated carbocycles. The van der Waals surface area contributed by atoms with Crippen LogP contribution in [0, 0.1) is 3.57 Å². The van der Waals surface area contributed by atoms with Crippen LogP contribution in [0.3, 0.4) is 0 Å². The summed E-state index contributed by atoms with van der Waals surface area (Å²) in [7, 11) is -3.73. The fraction of sp³-hybridized carbons (Fsp3) is 0.364. The number of benzene rings is 2. The monoisotopic (exact) mass is 635 g/mol. The van der Waals surface area contributed by atoms with Gasteiger partial charge in [-0.25, -0.2) is 8.42 Å². The summed E-state index contributed by atoms with van der Waals surface area (Å²) in [5.74, 6) is -0.774. The van der Waals surface area contributed by atoms with Crippen molar-refractivity contribution in [1.29, 1.82) is 0 Å². The minimum atomic E-state index is -3.73. The van der Waals surface area contributed by atoms with Crippen LogP contribution in [-0.4, -0.2) is 50.0 Å². The van der Waals surface area contributed by atoms with Crippen molar-refractivity contribution in [2.45, 2.75) is 39.4 Å². The van der Waals surface area contributed by atoms with Crippen LogP contribution in [0.15, 0.2) is 53.0 Å². The zero-order chi connectivity index (χ0) is 24.1. The van der Waals surface area contributed by atoms with Crippen molar-refractivity contribution < 1.29 is 18.0 Å². The number of carbonyl (C=O) groups is 2. The molecule has 1 N–H and O–H groups in total. The van der Waals surface area contributed by atoms with Crippen LogP contribution in [0.1, 0.15) is 26.3 Å². The average molecular weight is 636 g/mol. The predicted octanol–water partition coefficient (Wildman–Crippen LogP) is 3.76. The third-order valence-corrected chi connectivity index (χ3v) is 6.99. The van der Waals surface area contributed by atoms with E-state index in [2.05, 4.69) is 43.8 Å². The molecular weight excluding hydrogens is 609 g/mol. The molecule has 0 spiro atoms. The largest absolute Gasteiger partial charge is 0.352 e. The summed E-state index contributed by atoms with van der Waals surface area (Å²) in [4.78, 5) is 27.5. The number of hydrogen-bond donors (Lipinski definition) is 1. The van der Waals surface area contributed by atoms with Gasteiger partial charge < -0.3 is 10.2 Å². The lowest BCUT2D eigenvalue weighted by Gasteiger charge is -2.32. The molecule has 0 bridgehead atoms. The first-order valence-corrected chi connectivity index (χ1v) is 13.7. The predicted molar refractivity (Wildman–Crippen MR) is 139 cm³/mol. The van der Waals surface area contributed by atoms with Crippen LogP contribution in [0.25, 0.3) is 0 Å². The van der Waals surface area contributed by atoms with Gasteiger partial charge in [0, 0.05) is 20.6 Å². The number of rotatable bonds is 9. The Bertz CT molecular complexity index is 1060. The molecule has 7 nitrogen and oxygen atoms in total. The molecule has 1 unspecified atom stereocenters. The summed E-state index contributed by atoms with van der Waals surface area (Å²) in [6, 6.07) is 13.4. The first-order valence-electron chi connectivity index (χ1n) is 9.96. The maximum Gasteiger partial charge on any atom is 0.244 e. The molecule has 0 aliphatic rings. The van der Waals surface area contributed by atoms with Gasteiger partial charge in [0.1, 0.15) is 12.6 Å². The molecule has 2 aromatic rings. The SMILES string of the molecule is CC(C)NC(=O)C(C)N(Cc1cccc(Br)c1)C(=O)CN(c1ccc(I)cc1)S(C)(=O)=O. The van der Waals surface area contributed by atoms with E-state index in [1.165, 1.54) is 4.90 Å². The Morgan fingerprint density at radius 2 is 1.72 bits per heavy atom. The maximum atomic E-state index is 13.4. The Balaban J connectivity index is 2.38. The Morgan fingerprint density at radius 3 is 2.25 bits per heavy atom. The fourth-order valence-electron chi connectivity index (χ4n) is 3.04. The van der Waals surface area contributed by atoms with Gasteiger partial charge >= 0.3 is 0 Å². The standard InChI is InChI=1S/C22H27BrIN3O4S/c1-15(2)25-22(29)16(3)26(13-17-6-5-7-18(23)12-17)21(28)14-27(32(4,30)31)20-10-8-19(24)9-11-20/h5-12,15-16H,13-14H2,1-4H3,(H,25,29). The number of amides is 2. The smallest absolute Gasteiger partial charge is 0.244 e. The van der Waals surface area contributed by atoms with Crippen molar-refractivity contribution in [1.82, 2.24) is 10.2 Å². The molecular formula is C22H27BrIN3O4S. The van der Waals surface area contributed by atoms with Crippen molar-refractivity contribution in [2.24, 2.45) is 0 Å². The number of anilines is 1. The number of halogens is 2. The third-order valence-electron chi connectivity index (χ3n) is 4.63. The van der Waals surface area contributed by atoms with E-state index in [1.54, 1.807) is 31.2 Å². The van der Waals surface area contributed by atoms with Gasteiger partial charge in [-0.05, 0) is 85.3 Å². The van der Waals surface area contributed by atoms with Gasteiger partial charge in [0.15, 0.2) is 0 Å². The summed E-state index contributed by atoms with van der Waals surface area (Å²) in [6.07, 6.45) is 1.06. The Hall–Kier alpha value is -1.66. The summed E-state index contributed by atoms with van der Waals surface area (Å²) in [5, 5.41) is 2.82. The zero-order valence-electron chi connectivity index (χ0n) is 18.4. The Morgan fingerprint density at radius 1 is 1.09 bits per heavy atom. The molecule has 0 aliphatic heterocycles. The average Bonchev–Trinajstić information content (AvgIpc) is 2.69. The minimum Gasteiger partial charge on any atom is -0.352 e. The molecule has 0 saturated heterocycles. The molecule has 2 aromatic carbocycles. The molecule has 2 amide bonds. The Kier molecular flexibility index (Phi) is 9.53. The number of nitrogens with one attached hydrogen (secondary N) is 1. The highest BCUT2D eigenvalue weighted by Crippen LogP contribution is 2.21. The lowest BCUT2D eigenvalue weighted by molar-refractivity contribution is -0.139. The van der Waals surface area contributed by atoms with E-state index in [0.29, 0.717) is 5.69 Å². The minimum absolute atomic E-state index is 0.0907. The van der Waals surface area contributed by atoms with Crippen molar-refractivity contribution in [3.05, 3.63) is 62.1 Å². The first kappa shape index (κ1) is 26.6. The number of hydrogen-bond acceptors (Lipinski definition) is 4. The topological polar surface area (TPSA) is 86.8 Å². The van der Waals surface area contributed by atoms with Gasteiger partial charge in [0.25, 0.3) is 0 Å². The molecule has 0 fully saturated rings. The molecule has 0 aromatic heterocycles. The van der Waals surface area contributed by atoms with E-state index in [4.69, 9.17) is 0 Å². The summed E-state index contributed by atoms with van der Waals surface area (Å²) in [6.45, 7) is 5.08. The van der Waals surface area contributed by atoms with Crippen LogP contribution >= 0.6 is 38.5 Å². The van der Waals surface area contributed by atoms with Gasteiger partial charge in [-0.15, -0.1) is 0 Å². The van der Waals surface area contributed by atoms with Crippen molar-refractivity contribution >= 4 is 66.0 Å². The van der Waals surface area contributed by atoms with Crippen LogP contribution in [-0.2, 0) is 26.2 Å². The molecule has 0 aliphatic carbocycles. The molecule has 0 heterocycles. The number of nitrogens with zero attached hydrogens (tertiary/aromatic N) is 2. The fourth-order valence-corrected chi connectivity index (χ4v) is 4.70. The van der Waals surface area contributed by atoms with Gasteiger partial charge in [0.05, 0.1) is 11.9 Å². The summed E-state index contributed by atoms with van der Waals surface area (Å²) in [5.41, 5.74) is 1.21. The van der Waals surface area contributed by atoms with Crippen LogP contribution in [0.2, 0.25) is 0 Å². The molecule has 10 heteroatoms. The second-order valence-corrected chi connectivity index (χ2v) is 11.8. The van der Waals surface area contributed by atoms with Crippen LogP contribution in [0.4, 0.5) is 5.69 Å². The number of carbonyl (C=O) groups excluding carboxylic acids is 2. The summed E-state index contributed by atoms with van der Waals surface area (Å²) >= 11 is 5.55. The quantitative estimate of drug-likeness (QED) is 0.425. The van der Waals surface area contributed by atoms with Crippen molar-refractivity contribution in [3.63, 3.8) is 0 Å². The highest BCUT2D eigenvalue weighted by molar-refractivity contribution is 14.1. The van der Waals surface area contributed by atoms with E-state index in [0.717, 1.165) is 24.2 Å².